The number of urea groups is 1. The molecular formula is C27H26Cl2FN3O4S. The fourth-order valence-electron chi connectivity index (χ4n) is 4.67. The second kappa shape index (κ2) is 11.7. The standard InChI is InChI=1S/C27H26Cl2FN3O4S/c1-27(12-3-2-4-13-27)22(25(35)36)32-23(34)17-14-20(15-8-10-16(30)11-9-15)38-24(17)33-26(37)31-21-18(28)6-5-7-19(21)29/h5-11,14,22H,2-4,12-13H2,1H3,(H,32,34)(H,35,36)(H2,31,33,37)/t22-/m1/s1. The number of carboxylic acid groups (broad SMARTS) is 1. The van der Waals surface area contributed by atoms with Crippen LogP contribution in [-0.4, -0.2) is 29.1 Å². The summed E-state index contributed by atoms with van der Waals surface area (Å²) in [6.07, 6.45) is 4.17. The van der Waals surface area contributed by atoms with E-state index >= 15 is 0 Å². The van der Waals surface area contributed by atoms with E-state index in [0.29, 0.717) is 23.3 Å². The molecule has 3 amide bonds. The minimum absolute atomic E-state index is 0.0837. The number of aliphatic carboxylic acids is 1. The number of thiophene rings is 1. The Hall–Kier alpha value is -3.14. The summed E-state index contributed by atoms with van der Waals surface area (Å²) in [5.41, 5.74) is 0.315. The number of nitrogens with one attached hydrogen (secondary N) is 3. The van der Waals surface area contributed by atoms with Gasteiger partial charge in [0.2, 0.25) is 0 Å². The normalized spacial score (nSPS) is 15.4. The summed E-state index contributed by atoms with van der Waals surface area (Å²) >= 11 is 13.4. The third-order valence-corrected chi connectivity index (χ3v) is 8.48. The Morgan fingerprint density at radius 1 is 1.00 bits per heavy atom. The number of carboxylic acids is 1. The molecule has 7 nitrogen and oxygen atoms in total. The molecule has 4 rings (SSSR count). The highest BCUT2D eigenvalue weighted by Crippen LogP contribution is 2.40. The number of hydrogen-bond acceptors (Lipinski definition) is 4. The van der Waals surface area contributed by atoms with E-state index in [1.165, 1.54) is 12.1 Å². The van der Waals surface area contributed by atoms with Crippen molar-refractivity contribution >= 4 is 63.1 Å². The average Bonchev–Trinajstić information content (AvgIpc) is 3.29. The van der Waals surface area contributed by atoms with Crippen molar-refractivity contribution in [3.05, 3.63) is 70.0 Å². The third kappa shape index (κ3) is 6.28. The molecule has 1 saturated carbocycles. The summed E-state index contributed by atoms with van der Waals surface area (Å²) in [4.78, 5) is 39.1. The maximum Gasteiger partial charge on any atom is 0.326 e. The van der Waals surface area contributed by atoms with Gasteiger partial charge >= 0.3 is 12.0 Å². The lowest BCUT2D eigenvalue weighted by molar-refractivity contribution is -0.143. The second-order valence-corrected chi connectivity index (χ2v) is 11.4. The van der Waals surface area contributed by atoms with Crippen molar-refractivity contribution in [1.82, 2.24) is 5.32 Å². The second-order valence-electron chi connectivity index (χ2n) is 9.50. The van der Waals surface area contributed by atoms with Crippen LogP contribution in [0, 0.1) is 11.2 Å². The lowest BCUT2D eigenvalue weighted by Gasteiger charge is -2.38. The van der Waals surface area contributed by atoms with E-state index in [9.17, 15) is 23.9 Å². The van der Waals surface area contributed by atoms with Gasteiger partial charge in [0.15, 0.2) is 0 Å². The molecule has 0 aliphatic heterocycles. The van der Waals surface area contributed by atoms with E-state index in [1.807, 2.05) is 6.92 Å². The van der Waals surface area contributed by atoms with Crippen molar-refractivity contribution in [3.8, 4) is 10.4 Å². The fourth-order valence-corrected chi connectivity index (χ4v) is 6.21. The predicted octanol–water partition coefficient (Wildman–Crippen LogP) is 7.66. The topological polar surface area (TPSA) is 108 Å². The first-order valence-electron chi connectivity index (χ1n) is 12.0. The molecule has 0 saturated heterocycles. The molecular weight excluding hydrogens is 552 g/mol. The number of amides is 3. The Bertz CT molecular complexity index is 1340. The first kappa shape index (κ1) is 27.9. The molecule has 1 atom stereocenters. The summed E-state index contributed by atoms with van der Waals surface area (Å²) in [6, 6.07) is 10.2. The number of para-hydroxylation sites is 1. The van der Waals surface area contributed by atoms with Crippen molar-refractivity contribution < 1.29 is 23.9 Å². The van der Waals surface area contributed by atoms with Crippen LogP contribution in [0.2, 0.25) is 10.0 Å². The van der Waals surface area contributed by atoms with E-state index in [0.717, 1.165) is 30.6 Å². The Balaban J connectivity index is 1.64. The van der Waals surface area contributed by atoms with Gasteiger partial charge in [-0.15, -0.1) is 11.3 Å². The van der Waals surface area contributed by atoms with Crippen molar-refractivity contribution in [1.29, 1.82) is 0 Å². The highest BCUT2D eigenvalue weighted by atomic mass is 35.5. The quantitative estimate of drug-likeness (QED) is 0.231. The zero-order valence-corrected chi connectivity index (χ0v) is 22.8. The van der Waals surface area contributed by atoms with Gasteiger partial charge in [0, 0.05) is 4.88 Å². The highest BCUT2D eigenvalue weighted by Gasteiger charge is 2.41. The molecule has 0 radical (unpaired) electrons. The van der Waals surface area contributed by atoms with E-state index < -0.39 is 35.2 Å². The zero-order valence-electron chi connectivity index (χ0n) is 20.4. The molecule has 2 aromatic carbocycles. The van der Waals surface area contributed by atoms with Gasteiger partial charge in [-0.3, -0.25) is 10.1 Å². The minimum atomic E-state index is -1.11. The maximum absolute atomic E-state index is 13.5. The fraction of sp³-hybridized carbons (Fsp3) is 0.296. The first-order chi connectivity index (χ1) is 18.1. The van der Waals surface area contributed by atoms with Crippen molar-refractivity contribution in [3.63, 3.8) is 0 Å². The number of benzene rings is 2. The highest BCUT2D eigenvalue weighted by molar-refractivity contribution is 7.20. The predicted molar refractivity (Wildman–Crippen MR) is 149 cm³/mol. The first-order valence-corrected chi connectivity index (χ1v) is 13.6. The van der Waals surface area contributed by atoms with Crippen molar-refractivity contribution in [2.75, 3.05) is 10.6 Å². The summed E-state index contributed by atoms with van der Waals surface area (Å²) in [5, 5.41) is 18.5. The molecule has 0 bridgehead atoms. The molecule has 0 unspecified atom stereocenters. The van der Waals surface area contributed by atoms with Gasteiger partial charge in [-0.05, 0) is 54.2 Å². The zero-order chi connectivity index (χ0) is 27.4. The molecule has 1 aromatic heterocycles. The molecule has 0 spiro atoms. The van der Waals surface area contributed by atoms with Crippen LogP contribution in [0.4, 0.5) is 19.9 Å². The Morgan fingerprint density at radius 3 is 2.24 bits per heavy atom. The van der Waals surface area contributed by atoms with Gasteiger partial charge in [-0.1, -0.05) is 67.6 Å². The smallest absolute Gasteiger partial charge is 0.326 e. The van der Waals surface area contributed by atoms with Crippen molar-refractivity contribution in [2.24, 2.45) is 5.41 Å². The largest absolute Gasteiger partial charge is 0.480 e. The van der Waals surface area contributed by atoms with Gasteiger partial charge < -0.3 is 15.7 Å². The van der Waals surface area contributed by atoms with E-state index in [-0.39, 0.29) is 26.3 Å². The Kier molecular flexibility index (Phi) is 8.60. The van der Waals surface area contributed by atoms with Crippen LogP contribution in [0.25, 0.3) is 10.4 Å². The Labute approximate surface area is 233 Å². The van der Waals surface area contributed by atoms with E-state index in [4.69, 9.17) is 23.2 Å². The monoisotopic (exact) mass is 577 g/mol. The molecule has 200 valence electrons. The third-order valence-electron chi connectivity index (χ3n) is 6.75. The van der Waals surface area contributed by atoms with Crippen LogP contribution in [0.5, 0.6) is 0 Å². The van der Waals surface area contributed by atoms with Crippen LogP contribution in [-0.2, 0) is 4.79 Å². The summed E-state index contributed by atoms with van der Waals surface area (Å²) in [5.74, 6) is -2.17. The van der Waals surface area contributed by atoms with Crippen LogP contribution >= 0.6 is 34.5 Å². The van der Waals surface area contributed by atoms with E-state index in [1.54, 1.807) is 36.4 Å². The minimum Gasteiger partial charge on any atom is -0.480 e. The number of anilines is 2. The molecule has 11 heteroatoms. The Morgan fingerprint density at radius 2 is 1.63 bits per heavy atom. The molecule has 1 fully saturated rings. The summed E-state index contributed by atoms with van der Waals surface area (Å²) < 4.78 is 13.5. The van der Waals surface area contributed by atoms with Gasteiger partial charge in [0.1, 0.15) is 16.9 Å². The van der Waals surface area contributed by atoms with Gasteiger partial charge in [-0.2, -0.15) is 0 Å². The lowest BCUT2D eigenvalue weighted by atomic mass is 9.70. The lowest BCUT2D eigenvalue weighted by Crippen LogP contribution is -2.52. The summed E-state index contributed by atoms with van der Waals surface area (Å²) in [7, 11) is 0. The van der Waals surface area contributed by atoms with Crippen LogP contribution in [0.1, 0.15) is 49.4 Å². The molecule has 4 N–H and O–H groups in total. The van der Waals surface area contributed by atoms with Crippen LogP contribution in [0.15, 0.2) is 48.5 Å². The number of carbonyl (C=O) groups excluding carboxylic acids is 2. The van der Waals surface area contributed by atoms with Gasteiger partial charge in [0.05, 0.1) is 21.3 Å². The maximum atomic E-state index is 13.5. The molecule has 1 heterocycles. The number of rotatable bonds is 7. The average molecular weight is 578 g/mol. The number of hydrogen-bond donors (Lipinski definition) is 4. The summed E-state index contributed by atoms with van der Waals surface area (Å²) in [6.45, 7) is 1.88. The molecule has 1 aliphatic rings. The van der Waals surface area contributed by atoms with Crippen LogP contribution < -0.4 is 16.0 Å². The van der Waals surface area contributed by atoms with Crippen molar-refractivity contribution in [2.45, 2.75) is 45.1 Å². The van der Waals surface area contributed by atoms with Gasteiger partial charge in [-0.25, -0.2) is 14.0 Å². The molecule has 1 aliphatic carbocycles. The number of carbonyl (C=O) groups is 3. The SMILES string of the molecule is CC1([C@H](NC(=O)c2cc(-c3ccc(F)cc3)sc2NC(=O)Nc2c(Cl)cccc2Cl)C(=O)O)CCCCC1. The molecule has 3 aromatic rings. The van der Waals surface area contributed by atoms with Gasteiger partial charge in [0.25, 0.3) is 5.91 Å². The molecule has 38 heavy (non-hydrogen) atoms. The van der Waals surface area contributed by atoms with E-state index in [2.05, 4.69) is 16.0 Å². The number of halogens is 3. The van der Waals surface area contributed by atoms with Crippen LogP contribution in [0.3, 0.4) is 0 Å².